The van der Waals surface area contributed by atoms with Crippen LogP contribution in [0.4, 0.5) is 0 Å². The second kappa shape index (κ2) is 6.59. The summed E-state index contributed by atoms with van der Waals surface area (Å²) < 4.78 is 1.80. The maximum Gasteiger partial charge on any atom is 0.215 e. The number of benzene rings is 1. The second-order valence-corrected chi connectivity index (χ2v) is 8.21. The molecule has 1 aliphatic heterocycles. The van der Waals surface area contributed by atoms with E-state index in [9.17, 15) is 5.11 Å². The zero-order valence-corrected chi connectivity index (χ0v) is 15.9. The van der Waals surface area contributed by atoms with Crippen molar-refractivity contribution < 1.29 is 5.11 Å². The number of hydrogen-bond donors (Lipinski definition) is 1. The normalized spacial score (nSPS) is 18.0. The van der Waals surface area contributed by atoms with Crippen LogP contribution in [-0.2, 0) is 0 Å². The van der Waals surface area contributed by atoms with Crippen LogP contribution in [0.5, 0.6) is 5.06 Å². The lowest BCUT2D eigenvalue weighted by Crippen LogP contribution is -2.37. The SMILES string of the molecule is Cc1nc2sc(O)c(C(c3ccc(Cl)cc3)N3CCC(C)CC3)n2n1. The molecule has 1 fully saturated rings. The molecule has 0 spiro atoms. The van der Waals surface area contributed by atoms with Gasteiger partial charge in [0.1, 0.15) is 11.5 Å². The van der Waals surface area contributed by atoms with E-state index in [-0.39, 0.29) is 11.1 Å². The molecule has 1 unspecified atom stereocenters. The quantitative estimate of drug-likeness (QED) is 0.741. The highest BCUT2D eigenvalue weighted by Crippen LogP contribution is 2.40. The fraction of sp³-hybridized carbons (Fsp3) is 0.444. The number of aromatic nitrogens is 3. The van der Waals surface area contributed by atoms with Crippen molar-refractivity contribution in [3.8, 4) is 5.06 Å². The maximum atomic E-state index is 10.6. The molecule has 1 saturated heterocycles. The number of fused-ring (bicyclic) bond motifs is 1. The third-order valence-electron chi connectivity index (χ3n) is 4.95. The molecule has 0 saturated carbocycles. The number of piperidine rings is 1. The fourth-order valence-corrected chi connectivity index (χ4v) is 4.56. The van der Waals surface area contributed by atoms with Crippen LogP contribution in [0.15, 0.2) is 24.3 Å². The first-order valence-corrected chi connectivity index (χ1v) is 9.77. The van der Waals surface area contributed by atoms with Gasteiger partial charge in [-0.1, -0.05) is 42.0 Å². The predicted octanol–water partition coefficient (Wildman–Crippen LogP) is 4.28. The van der Waals surface area contributed by atoms with Crippen molar-refractivity contribution in [1.82, 2.24) is 19.5 Å². The van der Waals surface area contributed by atoms with Gasteiger partial charge in [0.2, 0.25) is 4.96 Å². The predicted molar refractivity (Wildman–Crippen MR) is 101 cm³/mol. The molecule has 0 amide bonds. The lowest BCUT2D eigenvalue weighted by atomic mass is 9.94. The lowest BCUT2D eigenvalue weighted by molar-refractivity contribution is 0.153. The van der Waals surface area contributed by atoms with E-state index in [0.29, 0.717) is 5.02 Å². The van der Waals surface area contributed by atoms with Gasteiger partial charge in [-0.15, -0.1) is 0 Å². The van der Waals surface area contributed by atoms with Crippen LogP contribution in [-0.4, -0.2) is 37.7 Å². The van der Waals surface area contributed by atoms with Gasteiger partial charge in [-0.25, -0.2) is 9.50 Å². The van der Waals surface area contributed by atoms with Gasteiger partial charge in [0, 0.05) is 5.02 Å². The van der Waals surface area contributed by atoms with Gasteiger partial charge in [-0.05, 0) is 56.5 Å². The van der Waals surface area contributed by atoms with Crippen molar-refractivity contribution >= 4 is 27.9 Å². The summed E-state index contributed by atoms with van der Waals surface area (Å²) >= 11 is 7.37. The van der Waals surface area contributed by atoms with E-state index < -0.39 is 0 Å². The average molecular weight is 377 g/mol. The summed E-state index contributed by atoms with van der Waals surface area (Å²) in [5, 5.41) is 16.2. The summed E-state index contributed by atoms with van der Waals surface area (Å²) in [6.07, 6.45) is 2.32. The fourth-order valence-electron chi connectivity index (χ4n) is 3.55. The minimum absolute atomic E-state index is 0.0559. The molecule has 5 nitrogen and oxygen atoms in total. The van der Waals surface area contributed by atoms with Crippen molar-refractivity contribution in [3.63, 3.8) is 0 Å². The molecule has 3 aromatic rings. The van der Waals surface area contributed by atoms with Gasteiger partial charge in [0.25, 0.3) is 0 Å². The molecule has 1 N–H and O–H groups in total. The Morgan fingerprint density at radius 3 is 2.60 bits per heavy atom. The molecular formula is C18H21ClN4OS. The van der Waals surface area contributed by atoms with E-state index in [2.05, 4.69) is 21.9 Å². The molecule has 1 aliphatic rings. The molecular weight excluding hydrogens is 356 g/mol. The van der Waals surface area contributed by atoms with Gasteiger partial charge in [0.05, 0.1) is 6.04 Å². The van der Waals surface area contributed by atoms with Crippen LogP contribution < -0.4 is 0 Å². The standard InChI is InChI=1S/C18H21ClN4OS/c1-11-7-9-22(10-8-11)15(13-3-5-14(19)6-4-13)16-17(24)25-18-20-12(2)21-23(16)18/h3-6,11,15,24H,7-10H2,1-2H3. The van der Waals surface area contributed by atoms with E-state index >= 15 is 0 Å². The minimum Gasteiger partial charge on any atom is -0.498 e. The number of aryl methyl sites for hydroxylation is 1. The van der Waals surface area contributed by atoms with Crippen LogP contribution in [0.2, 0.25) is 5.02 Å². The second-order valence-electron chi connectivity index (χ2n) is 6.82. The van der Waals surface area contributed by atoms with Crippen molar-refractivity contribution in [1.29, 1.82) is 0 Å². The number of thiazole rings is 1. The number of hydrogen-bond acceptors (Lipinski definition) is 5. The first-order valence-electron chi connectivity index (χ1n) is 8.57. The van der Waals surface area contributed by atoms with Crippen LogP contribution in [0.3, 0.4) is 0 Å². The molecule has 2 aromatic heterocycles. The largest absolute Gasteiger partial charge is 0.498 e. The Balaban J connectivity index is 1.84. The summed E-state index contributed by atoms with van der Waals surface area (Å²) in [5.74, 6) is 1.46. The zero-order valence-electron chi connectivity index (χ0n) is 14.3. The Morgan fingerprint density at radius 2 is 1.92 bits per heavy atom. The van der Waals surface area contributed by atoms with Crippen LogP contribution >= 0.6 is 22.9 Å². The third kappa shape index (κ3) is 3.14. The van der Waals surface area contributed by atoms with Crippen LogP contribution in [0.1, 0.15) is 42.9 Å². The molecule has 0 radical (unpaired) electrons. The number of halogens is 1. The first-order chi connectivity index (χ1) is 12.0. The van der Waals surface area contributed by atoms with Gasteiger partial charge in [-0.2, -0.15) is 5.10 Å². The molecule has 3 heterocycles. The number of likely N-dealkylation sites (tertiary alicyclic amines) is 1. The molecule has 0 bridgehead atoms. The average Bonchev–Trinajstić information content (AvgIpc) is 3.07. The van der Waals surface area contributed by atoms with E-state index in [1.54, 1.807) is 4.52 Å². The van der Waals surface area contributed by atoms with Crippen LogP contribution in [0, 0.1) is 12.8 Å². The van der Waals surface area contributed by atoms with Crippen molar-refractivity contribution in [2.24, 2.45) is 5.92 Å². The smallest absolute Gasteiger partial charge is 0.215 e. The number of aromatic hydroxyl groups is 1. The summed E-state index contributed by atoms with van der Waals surface area (Å²) in [4.78, 5) is 7.58. The molecule has 1 atom stereocenters. The summed E-state index contributed by atoms with van der Waals surface area (Å²) in [6, 6.07) is 7.84. The Morgan fingerprint density at radius 1 is 1.24 bits per heavy atom. The van der Waals surface area contributed by atoms with Crippen LogP contribution in [0.25, 0.3) is 4.96 Å². The molecule has 1 aromatic carbocycles. The third-order valence-corrected chi connectivity index (χ3v) is 6.05. The van der Waals surface area contributed by atoms with Gasteiger partial charge < -0.3 is 5.11 Å². The highest BCUT2D eigenvalue weighted by Gasteiger charge is 2.32. The summed E-state index contributed by atoms with van der Waals surface area (Å²) in [6.45, 7) is 6.17. The number of nitrogens with zero attached hydrogens (tertiary/aromatic N) is 4. The number of rotatable bonds is 3. The van der Waals surface area contributed by atoms with E-state index in [0.717, 1.165) is 53.9 Å². The molecule has 25 heavy (non-hydrogen) atoms. The topological polar surface area (TPSA) is 53.7 Å². The van der Waals surface area contributed by atoms with Gasteiger partial charge in [-0.3, -0.25) is 4.90 Å². The van der Waals surface area contributed by atoms with E-state index in [4.69, 9.17) is 11.6 Å². The van der Waals surface area contributed by atoms with Gasteiger partial charge >= 0.3 is 0 Å². The van der Waals surface area contributed by atoms with Gasteiger partial charge in [0.15, 0.2) is 5.06 Å². The van der Waals surface area contributed by atoms with Crippen molar-refractivity contribution in [2.45, 2.75) is 32.7 Å². The minimum atomic E-state index is -0.0559. The van der Waals surface area contributed by atoms with Crippen molar-refractivity contribution in [2.75, 3.05) is 13.1 Å². The Hall–Kier alpha value is -1.63. The molecule has 132 valence electrons. The summed E-state index contributed by atoms with van der Waals surface area (Å²) in [5.41, 5.74) is 1.92. The Bertz CT molecular complexity index is 881. The highest BCUT2D eigenvalue weighted by atomic mass is 35.5. The molecule has 4 rings (SSSR count). The highest BCUT2D eigenvalue weighted by molar-refractivity contribution is 7.18. The Labute approximate surface area is 155 Å². The maximum absolute atomic E-state index is 10.6. The van der Waals surface area contributed by atoms with E-state index in [1.165, 1.54) is 11.3 Å². The first kappa shape index (κ1) is 16.8. The van der Waals surface area contributed by atoms with E-state index in [1.807, 2.05) is 31.2 Å². The zero-order chi connectivity index (χ0) is 17.6. The molecule has 0 aliphatic carbocycles. The lowest BCUT2D eigenvalue weighted by Gasteiger charge is -2.36. The monoisotopic (exact) mass is 376 g/mol. The molecule has 7 heteroatoms. The van der Waals surface area contributed by atoms with Crippen molar-refractivity contribution in [3.05, 3.63) is 46.4 Å². The summed E-state index contributed by atoms with van der Waals surface area (Å²) in [7, 11) is 0. The Kier molecular flexibility index (Phi) is 4.43.